The van der Waals surface area contributed by atoms with Crippen LogP contribution in [0.25, 0.3) is 0 Å². The van der Waals surface area contributed by atoms with E-state index in [1.165, 1.54) is 7.11 Å². The lowest BCUT2D eigenvalue weighted by atomic mass is 9.94. The zero-order valence-corrected chi connectivity index (χ0v) is 11.9. The second-order valence-corrected chi connectivity index (χ2v) is 5.78. The molecule has 1 aliphatic rings. The first-order valence-corrected chi connectivity index (χ1v) is 6.32. The highest BCUT2D eigenvalue weighted by atomic mass is 16.6. The summed E-state index contributed by atoms with van der Waals surface area (Å²) in [4.78, 5) is 25.2. The van der Waals surface area contributed by atoms with Crippen molar-refractivity contribution >= 4 is 12.1 Å². The van der Waals surface area contributed by atoms with Gasteiger partial charge in [-0.1, -0.05) is 0 Å². The van der Waals surface area contributed by atoms with E-state index >= 15 is 0 Å². The molecule has 0 unspecified atom stereocenters. The van der Waals surface area contributed by atoms with Gasteiger partial charge in [0.05, 0.1) is 13.0 Å². The van der Waals surface area contributed by atoms with Gasteiger partial charge in [0, 0.05) is 12.6 Å². The van der Waals surface area contributed by atoms with Gasteiger partial charge >= 0.3 is 12.1 Å². The Morgan fingerprint density at radius 3 is 2.33 bits per heavy atom. The Morgan fingerprint density at radius 1 is 1.22 bits per heavy atom. The van der Waals surface area contributed by atoms with Crippen LogP contribution in [0.5, 0.6) is 0 Å². The summed E-state index contributed by atoms with van der Waals surface area (Å²) in [6.45, 7) is 7.84. The highest BCUT2D eigenvalue weighted by Gasteiger charge is 2.35. The van der Waals surface area contributed by atoms with Gasteiger partial charge in [-0.3, -0.25) is 4.79 Å². The van der Waals surface area contributed by atoms with Crippen molar-refractivity contribution in [3.8, 4) is 0 Å². The van der Waals surface area contributed by atoms with Crippen LogP contribution in [0.1, 0.15) is 40.5 Å². The molecule has 1 saturated heterocycles. The van der Waals surface area contributed by atoms with Crippen molar-refractivity contribution < 1.29 is 19.1 Å². The molecule has 0 radical (unpaired) electrons. The Labute approximate surface area is 108 Å². The van der Waals surface area contributed by atoms with Crippen molar-refractivity contribution in [1.29, 1.82) is 0 Å². The Morgan fingerprint density at radius 2 is 1.83 bits per heavy atom. The Kier molecular flexibility index (Phi) is 4.59. The standard InChI is InChI=1S/C13H23NO4/c1-9-6-7-10(11(15)17-5)8-14(9)12(16)18-13(2,3)4/h9-10H,6-8H2,1-5H3/t9-,10-/m0/s1. The van der Waals surface area contributed by atoms with Crippen LogP contribution >= 0.6 is 0 Å². The number of carbonyl (C=O) groups is 2. The van der Waals surface area contributed by atoms with Crippen LogP contribution in [0, 0.1) is 5.92 Å². The third-order valence-electron chi connectivity index (χ3n) is 3.04. The zero-order chi connectivity index (χ0) is 13.9. The first-order valence-electron chi connectivity index (χ1n) is 6.32. The fourth-order valence-electron chi connectivity index (χ4n) is 2.04. The first-order chi connectivity index (χ1) is 8.24. The van der Waals surface area contributed by atoms with Gasteiger partial charge in [-0.05, 0) is 40.5 Å². The highest BCUT2D eigenvalue weighted by Crippen LogP contribution is 2.24. The molecule has 1 heterocycles. The van der Waals surface area contributed by atoms with Gasteiger partial charge in [0.1, 0.15) is 5.60 Å². The molecular formula is C13H23NO4. The lowest BCUT2D eigenvalue weighted by Crippen LogP contribution is -2.49. The number of ether oxygens (including phenoxy) is 2. The van der Waals surface area contributed by atoms with E-state index in [4.69, 9.17) is 9.47 Å². The van der Waals surface area contributed by atoms with Gasteiger partial charge in [-0.25, -0.2) is 4.79 Å². The topological polar surface area (TPSA) is 55.8 Å². The SMILES string of the molecule is COC(=O)[C@H]1CC[C@H](C)N(C(=O)OC(C)(C)C)C1. The van der Waals surface area contributed by atoms with Gasteiger partial charge in [-0.15, -0.1) is 0 Å². The number of rotatable bonds is 1. The molecule has 1 amide bonds. The number of esters is 1. The van der Waals surface area contributed by atoms with Gasteiger partial charge in [0.25, 0.3) is 0 Å². The third-order valence-corrected chi connectivity index (χ3v) is 3.04. The first kappa shape index (κ1) is 14.8. The summed E-state index contributed by atoms with van der Waals surface area (Å²) < 4.78 is 10.1. The predicted molar refractivity (Wildman–Crippen MR) is 67.1 cm³/mol. The van der Waals surface area contributed by atoms with Gasteiger partial charge in [0.2, 0.25) is 0 Å². The van der Waals surface area contributed by atoms with Crippen molar-refractivity contribution in [1.82, 2.24) is 4.90 Å². The van der Waals surface area contributed by atoms with E-state index in [2.05, 4.69) is 0 Å². The van der Waals surface area contributed by atoms with E-state index in [1.807, 2.05) is 27.7 Å². The number of likely N-dealkylation sites (tertiary alicyclic amines) is 1. The smallest absolute Gasteiger partial charge is 0.410 e. The van der Waals surface area contributed by atoms with E-state index in [-0.39, 0.29) is 24.0 Å². The Bertz CT molecular complexity index is 321. The fraction of sp³-hybridized carbons (Fsp3) is 0.846. The van der Waals surface area contributed by atoms with Crippen molar-refractivity contribution in [3.05, 3.63) is 0 Å². The summed E-state index contributed by atoms with van der Waals surface area (Å²) in [5.74, 6) is -0.492. The molecule has 0 aromatic heterocycles. The minimum absolute atomic E-state index is 0.0979. The van der Waals surface area contributed by atoms with E-state index in [9.17, 15) is 9.59 Å². The number of hydrogen-bond donors (Lipinski definition) is 0. The third kappa shape index (κ3) is 3.89. The van der Waals surface area contributed by atoms with Crippen molar-refractivity contribution in [2.75, 3.05) is 13.7 Å². The molecule has 0 aromatic rings. The quantitative estimate of drug-likeness (QED) is 0.676. The number of piperidine rings is 1. The molecule has 0 aliphatic carbocycles. The minimum Gasteiger partial charge on any atom is -0.469 e. The fourth-order valence-corrected chi connectivity index (χ4v) is 2.04. The maximum Gasteiger partial charge on any atom is 0.410 e. The van der Waals surface area contributed by atoms with E-state index in [1.54, 1.807) is 4.90 Å². The van der Waals surface area contributed by atoms with Crippen LogP contribution in [0.15, 0.2) is 0 Å². The summed E-state index contributed by atoms with van der Waals surface area (Å²) in [5.41, 5.74) is -0.519. The van der Waals surface area contributed by atoms with E-state index < -0.39 is 5.60 Å². The molecule has 2 atom stereocenters. The zero-order valence-electron chi connectivity index (χ0n) is 11.9. The van der Waals surface area contributed by atoms with E-state index in [0.717, 1.165) is 12.8 Å². The van der Waals surface area contributed by atoms with Crippen LogP contribution in [0.2, 0.25) is 0 Å². The average Bonchev–Trinajstić information content (AvgIpc) is 2.26. The summed E-state index contributed by atoms with van der Waals surface area (Å²) >= 11 is 0. The molecule has 0 bridgehead atoms. The second kappa shape index (κ2) is 5.59. The summed E-state index contributed by atoms with van der Waals surface area (Å²) in [7, 11) is 1.37. The summed E-state index contributed by atoms with van der Waals surface area (Å²) in [6, 6.07) is 0.0979. The van der Waals surface area contributed by atoms with E-state index in [0.29, 0.717) is 6.54 Å². The lowest BCUT2D eigenvalue weighted by Gasteiger charge is -2.37. The molecule has 0 saturated carbocycles. The number of amides is 1. The van der Waals surface area contributed by atoms with Crippen LogP contribution in [0.3, 0.4) is 0 Å². The summed E-state index contributed by atoms with van der Waals surface area (Å²) in [6.07, 6.45) is 1.19. The normalized spacial score (nSPS) is 24.6. The number of methoxy groups -OCH3 is 1. The van der Waals surface area contributed by atoms with Crippen molar-refractivity contribution in [2.24, 2.45) is 5.92 Å². The highest BCUT2D eigenvalue weighted by molar-refractivity contribution is 5.75. The molecule has 0 spiro atoms. The molecule has 5 heteroatoms. The van der Waals surface area contributed by atoms with Gasteiger partial charge in [-0.2, -0.15) is 0 Å². The van der Waals surface area contributed by atoms with Crippen LogP contribution in [-0.4, -0.2) is 42.3 Å². The molecular weight excluding hydrogens is 234 g/mol. The average molecular weight is 257 g/mol. The molecule has 104 valence electrons. The molecule has 1 fully saturated rings. The van der Waals surface area contributed by atoms with Crippen molar-refractivity contribution in [2.45, 2.75) is 52.2 Å². The largest absolute Gasteiger partial charge is 0.469 e. The monoisotopic (exact) mass is 257 g/mol. The molecule has 1 aliphatic heterocycles. The van der Waals surface area contributed by atoms with Crippen LogP contribution in [-0.2, 0) is 14.3 Å². The van der Waals surface area contributed by atoms with Crippen molar-refractivity contribution in [3.63, 3.8) is 0 Å². The second-order valence-electron chi connectivity index (χ2n) is 5.78. The predicted octanol–water partition coefficient (Wildman–Crippen LogP) is 2.20. The number of hydrogen-bond acceptors (Lipinski definition) is 4. The summed E-state index contributed by atoms with van der Waals surface area (Å²) in [5, 5.41) is 0. The number of carbonyl (C=O) groups excluding carboxylic acids is 2. The minimum atomic E-state index is -0.519. The van der Waals surface area contributed by atoms with Gasteiger partial charge < -0.3 is 14.4 Å². The maximum absolute atomic E-state index is 12.0. The number of nitrogens with zero attached hydrogens (tertiary/aromatic N) is 1. The molecule has 0 aromatic carbocycles. The molecule has 5 nitrogen and oxygen atoms in total. The molecule has 18 heavy (non-hydrogen) atoms. The maximum atomic E-state index is 12.0. The lowest BCUT2D eigenvalue weighted by molar-refractivity contribution is -0.147. The van der Waals surface area contributed by atoms with Gasteiger partial charge in [0.15, 0.2) is 0 Å². The molecule has 0 N–H and O–H groups in total. The Balaban J connectivity index is 2.67. The Hall–Kier alpha value is -1.26. The van der Waals surface area contributed by atoms with Crippen LogP contribution in [0.4, 0.5) is 4.79 Å². The molecule has 1 rings (SSSR count). The van der Waals surface area contributed by atoms with Crippen LogP contribution < -0.4 is 0 Å².